The zero-order valence-electron chi connectivity index (χ0n) is 13.6. The molecule has 1 saturated heterocycles. The standard InChI is InChI=1S/C17H24N2O3S/c1-2-3-14-4-8-16(9-5-14)23(21,22)19-12-10-18(11-13-19)17(20)15-6-7-15/h4-5,8-9,15H,2-3,6-7,10-13H2,1H3. The minimum Gasteiger partial charge on any atom is -0.340 e. The Morgan fingerprint density at radius 1 is 1.09 bits per heavy atom. The van der Waals surface area contributed by atoms with Crippen molar-refractivity contribution in [1.29, 1.82) is 0 Å². The highest BCUT2D eigenvalue weighted by Crippen LogP contribution is 2.31. The van der Waals surface area contributed by atoms with Crippen LogP contribution in [0.5, 0.6) is 0 Å². The van der Waals surface area contributed by atoms with Gasteiger partial charge in [0.05, 0.1) is 4.90 Å². The second-order valence-electron chi connectivity index (χ2n) is 6.40. The highest BCUT2D eigenvalue weighted by Gasteiger charge is 2.36. The largest absolute Gasteiger partial charge is 0.340 e. The fraction of sp³-hybridized carbons (Fsp3) is 0.588. The zero-order valence-corrected chi connectivity index (χ0v) is 14.4. The maximum Gasteiger partial charge on any atom is 0.243 e. The molecule has 2 fully saturated rings. The molecule has 1 heterocycles. The molecule has 0 N–H and O–H groups in total. The van der Waals surface area contributed by atoms with Crippen molar-refractivity contribution in [3.05, 3.63) is 29.8 Å². The summed E-state index contributed by atoms with van der Waals surface area (Å²) in [6, 6.07) is 7.18. The van der Waals surface area contributed by atoms with Crippen LogP contribution in [0.4, 0.5) is 0 Å². The second-order valence-corrected chi connectivity index (χ2v) is 8.34. The smallest absolute Gasteiger partial charge is 0.243 e. The van der Waals surface area contributed by atoms with Gasteiger partial charge < -0.3 is 4.90 Å². The topological polar surface area (TPSA) is 57.7 Å². The molecule has 1 saturated carbocycles. The maximum absolute atomic E-state index is 12.7. The molecule has 1 aromatic carbocycles. The number of carbonyl (C=O) groups is 1. The van der Waals surface area contributed by atoms with Gasteiger partial charge in [-0.2, -0.15) is 4.31 Å². The Kier molecular flexibility index (Phi) is 4.73. The van der Waals surface area contributed by atoms with Gasteiger partial charge in [-0.05, 0) is 37.0 Å². The first kappa shape index (κ1) is 16.5. The molecule has 5 nitrogen and oxygen atoms in total. The van der Waals surface area contributed by atoms with Gasteiger partial charge in [0.15, 0.2) is 0 Å². The molecule has 0 spiro atoms. The van der Waals surface area contributed by atoms with E-state index in [2.05, 4.69) is 6.92 Å². The molecule has 1 amide bonds. The first-order valence-corrected chi connectivity index (χ1v) is 9.84. The van der Waals surface area contributed by atoms with E-state index in [4.69, 9.17) is 0 Å². The van der Waals surface area contributed by atoms with E-state index in [1.165, 1.54) is 4.31 Å². The fourth-order valence-electron chi connectivity index (χ4n) is 3.00. The SMILES string of the molecule is CCCc1ccc(S(=O)(=O)N2CCN(C(=O)C3CC3)CC2)cc1. The van der Waals surface area contributed by atoms with Crippen molar-refractivity contribution in [2.24, 2.45) is 5.92 Å². The summed E-state index contributed by atoms with van der Waals surface area (Å²) in [5.41, 5.74) is 1.16. The van der Waals surface area contributed by atoms with Crippen molar-refractivity contribution in [3.8, 4) is 0 Å². The van der Waals surface area contributed by atoms with Crippen LogP contribution in [0, 0.1) is 5.92 Å². The predicted molar refractivity (Wildman–Crippen MR) is 88.5 cm³/mol. The number of hydrogen-bond acceptors (Lipinski definition) is 3. The number of nitrogens with zero attached hydrogens (tertiary/aromatic N) is 2. The predicted octanol–water partition coefficient (Wildman–Crippen LogP) is 1.88. The quantitative estimate of drug-likeness (QED) is 0.825. The van der Waals surface area contributed by atoms with Crippen LogP contribution in [0.2, 0.25) is 0 Å². The summed E-state index contributed by atoms with van der Waals surface area (Å²) >= 11 is 0. The minimum atomic E-state index is -3.45. The van der Waals surface area contributed by atoms with Crippen LogP contribution >= 0.6 is 0 Å². The van der Waals surface area contributed by atoms with E-state index >= 15 is 0 Å². The van der Waals surface area contributed by atoms with Gasteiger partial charge in [-0.3, -0.25) is 4.79 Å². The van der Waals surface area contributed by atoms with Gasteiger partial charge in [0.1, 0.15) is 0 Å². The van der Waals surface area contributed by atoms with Gasteiger partial charge in [-0.15, -0.1) is 0 Å². The molecule has 0 atom stereocenters. The number of rotatable bonds is 5. The molecule has 0 radical (unpaired) electrons. The van der Waals surface area contributed by atoms with Gasteiger partial charge in [0.25, 0.3) is 0 Å². The van der Waals surface area contributed by atoms with Crippen molar-refractivity contribution < 1.29 is 13.2 Å². The number of hydrogen-bond donors (Lipinski definition) is 0. The fourth-order valence-corrected chi connectivity index (χ4v) is 4.43. The monoisotopic (exact) mass is 336 g/mol. The summed E-state index contributed by atoms with van der Waals surface area (Å²) in [6.07, 6.45) is 3.98. The van der Waals surface area contributed by atoms with Gasteiger partial charge in [0, 0.05) is 32.1 Å². The van der Waals surface area contributed by atoms with Gasteiger partial charge in [0.2, 0.25) is 15.9 Å². The summed E-state index contributed by atoms with van der Waals surface area (Å²) in [5, 5.41) is 0. The van der Waals surface area contributed by atoms with Gasteiger partial charge in [-0.1, -0.05) is 25.5 Å². The highest BCUT2D eigenvalue weighted by atomic mass is 32.2. The Morgan fingerprint density at radius 2 is 1.70 bits per heavy atom. The second kappa shape index (κ2) is 6.61. The molecule has 0 unspecified atom stereocenters. The van der Waals surface area contributed by atoms with Crippen LogP contribution in [0.15, 0.2) is 29.2 Å². The first-order chi connectivity index (χ1) is 11.0. The molecule has 23 heavy (non-hydrogen) atoms. The lowest BCUT2D eigenvalue weighted by atomic mass is 10.1. The van der Waals surface area contributed by atoms with E-state index in [0.29, 0.717) is 31.1 Å². The summed E-state index contributed by atoms with van der Waals surface area (Å²) in [6.45, 7) is 3.88. The average molecular weight is 336 g/mol. The van der Waals surface area contributed by atoms with E-state index < -0.39 is 10.0 Å². The number of aryl methyl sites for hydroxylation is 1. The Balaban J connectivity index is 1.65. The van der Waals surface area contributed by atoms with Gasteiger partial charge in [-0.25, -0.2) is 8.42 Å². The van der Waals surface area contributed by atoms with Crippen molar-refractivity contribution in [2.45, 2.75) is 37.5 Å². The molecule has 1 aromatic rings. The Morgan fingerprint density at radius 3 is 2.22 bits per heavy atom. The van der Waals surface area contributed by atoms with Gasteiger partial charge >= 0.3 is 0 Å². The van der Waals surface area contributed by atoms with Crippen molar-refractivity contribution >= 4 is 15.9 Å². The minimum absolute atomic E-state index is 0.198. The van der Waals surface area contributed by atoms with E-state index in [-0.39, 0.29) is 11.8 Å². The number of piperazine rings is 1. The van der Waals surface area contributed by atoms with Crippen LogP contribution in [0.1, 0.15) is 31.7 Å². The first-order valence-electron chi connectivity index (χ1n) is 8.40. The molecule has 1 aliphatic carbocycles. The molecule has 3 rings (SSSR count). The summed E-state index contributed by atoms with van der Waals surface area (Å²) in [4.78, 5) is 14.2. The Hall–Kier alpha value is -1.40. The maximum atomic E-state index is 12.7. The van der Waals surface area contributed by atoms with E-state index in [1.54, 1.807) is 12.1 Å². The van der Waals surface area contributed by atoms with Crippen molar-refractivity contribution in [1.82, 2.24) is 9.21 Å². The normalized spacial score (nSPS) is 19.8. The van der Waals surface area contributed by atoms with Crippen LogP contribution in [-0.4, -0.2) is 49.7 Å². The highest BCUT2D eigenvalue weighted by molar-refractivity contribution is 7.89. The molecule has 0 aromatic heterocycles. The van der Waals surface area contributed by atoms with Crippen molar-refractivity contribution in [2.75, 3.05) is 26.2 Å². The molecular formula is C17H24N2O3S. The lowest BCUT2D eigenvalue weighted by Crippen LogP contribution is -2.50. The molecule has 1 aliphatic heterocycles. The number of benzene rings is 1. The molecular weight excluding hydrogens is 312 g/mol. The van der Waals surface area contributed by atoms with Crippen molar-refractivity contribution in [3.63, 3.8) is 0 Å². The van der Waals surface area contributed by atoms with E-state index in [9.17, 15) is 13.2 Å². The molecule has 126 valence electrons. The summed E-state index contributed by atoms with van der Waals surface area (Å²) in [7, 11) is -3.45. The number of amides is 1. The summed E-state index contributed by atoms with van der Waals surface area (Å²) < 4.78 is 26.9. The van der Waals surface area contributed by atoms with Crippen LogP contribution < -0.4 is 0 Å². The molecule has 6 heteroatoms. The third-order valence-electron chi connectivity index (χ3n) is 4.58. The van der Waals surface area contributed by atoms with E-state index in [1.807, 2.05) is 17.0 Å². The lowest BCUT2D eigenvalue weighted by molar-refractivity contribution is -0.133. The van der Waals surface area contributed by atoms with E-state index in [0.717, 1.165) is 31.2 Å². The third-order valence-corrected chi connectivity index (χ3v) is 6.49. The Bertz CT molecular complexity index is 658. The molecule has 2 aliphatic rings. The number of sulfonamides is 1. The Labute approximate surface area is 138 Å². The third kappa shape index (κ3) is 3.58. The van der Waals surface area contributed by atoms with Crippen LogP contribution in [0.25, 0.3) is 0 Å². The number of carbonyl (C=O) groups excluding carboxylic acids is 1. The zero-order chi connectivity index (χ0) is 16.4. The molecule has 0 bridgehead atoms. The average Bonchev–Trinajstić information content (AvgIpc) is 3.40. The summed E-state index contributed by atoms with van der Waals surface area (Å²) in [5.74, 6) is 0.398. The lowest BCUT2D eigenvalue weighted by Gasteiger charge is -2.34. The van der Waals surface area contributed by atoms with Crippen LogP contribution in [-0.2, 0) is 21.2 Å². The van der Waals surface area contributed by atoms with Crippen LogP contribution in [0.3, 0.4) is 0 Å².